The van der Waals surface area contributed by atoms with Gasteiger partial charge >= 0.3 is 25.7 Å². The number of carbonyl (C=O) groups excluding carboxylic acids is 2. The molecular formula is C47H84NO10P. The first-order chi connectivity index (χ1) is 28.6. The third-order valence-electron chi connectivity index (χ3n) is 9.83. The van der Waals surface area contributed by atoms with Crippen LogP contribution in [0.3, 0.4) is 0 Å². The minimum atomic E-state index is -4.72. The van der Waals surface area contributed by atoms with Gasteiger partial charge in [0.25, 0.3) is 0 Å². The molecule has 0 bridgehead atoms. The summed E-state index contributed by atoms with van der Waals surface area (Å²) >= 11 is 0. The standard InChI is InChI=1S/C47H84NO10P/c1-3-5-7-9-11-13-15-17-19-21-22-23-25-26-28-30-32-34-36-38-45(49)55-40-43(41-56-59(53,54)57-42-44(48)47(51)52)58-46(50)39-37-35-33-31-29-27-24-20-18-16-14-12-10-8-6-4-2/h11,13,17,19,22-23,26,28,43-44H,3-10,12,14-16,18,20-21,24-25,27,29-42,48H2,1-2H3,(H,51,52)(H,53,54)/b13-11+,19-17+,23-22+,28-26+/t43-,44+/m1/s1. The molecule has 0 rings (SSSR count). The number of carbonyl (C=O) groups is 3. The summed E-state index contributed by atoms with van der Waals surface area (Å²) in [6.45, 7) is 2.76. The van der Waals surface area contributed by atoms with Gasteiger partial charge in [-0.05, 0) is 57.8 Å². The highest BCUT2D eigenvalue weighted by Gasteiger charge is 2.28. The number of hydrogen-bond acceptors (Lipinski definition) is 9. The normalized spacial score (nSPS) is 14.1. The average Bonchev–Trinajstić information content (AvgIpc) is 3.21. The zero-order valence-corrected chi connectivity index (χ0v) is 38.0. The molecule has 0 heterocycles. The van der Waals surface area contributed by atoms with Crippen molar-refractivity contribution < 1.29 is 47.5 Å². The number of nitrogens with two attached hydrogens (primary N) is 1. The van der Waals surface area contributed by atoms with Crippen LogP contribution in [0.1, 0.15) is 200 Å². The van der Waals surface area contributed by atoms with E-state index in [9.17, 15) is 23.8 Å². The third-order valence-corrected chi connectivity index (χ3v) is 10.8. The Morgan fingerprint density at radius 2 is 0.898 bits per heavy atom. The Balaban J connectivity index is 4.38. The number of aliphatic carboxylic acids is 1. The molecule has 0 aliphatic heterocycles. The monoisotopic (exact) mass is 854 g/mol. The maximum atomic E-state index is 12.6. The first-order valence-electron chi connectivity index (χ1n) is 23.2. The third kappa shape index (κ3) is 41.9. The number of hydrogen-bond donors (Lipinski definition) is 3. The van der Waals surface area contributed by atoms with Crippen LogP contribution in [0, 0.1) is 0 Å². The van der Waals surface area contributed by atoms with Crippen LogP contribution < -0.4 is 5.73 Å². The average molecular weight is 854 g/mol. The summed E-state index contributed by atoms with van der Waals surface area (Å²) in [5.74, 6) is -2.41. The van der Waals surface area contributed by atoms with E-state index in [-0.39, 0.29) is 19.4 Å². The molecule has 3 atom stereocenters. The number of allylic oxidation sites excluding steroid dienone is 8. The summed E-state index contributed by atoms with van der Waals surface area (Å²) < 4.78 is 32.7. The molecule has 0 radical (unpaired) electrons. The second-order valence-corrected chi connectivity index (χ2v) is 17.0. The van der Waals surface area contributed by atoms with Gasteiger partial charge in [-0.2, -0.15) is 0 Å². The van der Waals surface area contributed by atoms with Gasteiger partial charge in [0.2, 0.25) is 0 Å². The van der Waals surface area contributed by atoms with Crippen LogP contribution in [-0.2, 0) is 37.5 Å². The van der Waals surface area contributed by atoms with Crippen LogP contribution in [-0.4, -0.2) is 59.9 Å². The topological polar surface area (TPSA) is 172 Å². The summed E-state index contributed by atoms with van der Waals surface area (Å²) in [6.07, 6.45) is 47.4. The molecular weight excluding hydrogens is 769 g/mol. The smallest absolute Gasteiger partial charge is 0.472 e. The summed E-state index contributed by atoms with van der Waals surface area (Å²) in [5.41, 5.74) is 5.34. The lowest BCUT2D eigenvalue weighted by atomic mass is 10.0. The molecule has 0 saturated carbocycles. The molecule has 0 aliphatic rings. The summed E-state index contributed by atoms with van der Waals surface area (Å²) in [4.78, 5) is 46.0. The van der Waals surface area contributed by atoms with Gasteiger partial charge in [-0.3, -0.25) is 23.4 Å². The van der Waals surface area contributed by atoms with Crippen molar-refractivity contribution in [2.45, 2.75) is 212 Å². The maximum Gasteiger partial charge on any atom is 0.472 e. The van der Waals surface area contributed by atoms with E-state index in [0.717, 1.165) is 57.8 Å². The van der Waals surface area contributed by atoms with Crippen LogP contribution in [0.4, 0.5) is 0 Å². The fraction of sp³-hybridized carbons (Fsp3) is 0.766. The van der Waals surface area contributed by atoms with E-state index >= 15 is 0 Å². The summed E-state index contributed by atoms with van der Waals surface area (Å²) in [7, 11) is -4.72. The molecule has 0 aromatic heterocycles. The number of ether oxygens (including phenoxy) is 2. The zero-order valence-electron chi connectivity index (χ0n) is 37.1. The molecule has 0 fully saturated rings. The minimum Gasteiger partial charge on any atom is -0.480 e. The van der Waals surface area contributed by atoms with Crippen LogP contribution in [0.5, 0.6) is 0 Å². The van der Waals surface area contributed by atoms with E-state index in [4.69, 9.17) is 24.8 Å². The van der Waals surface area contributed by atoms with Gasteiger partial charge in [-0.25, -0.2) is 4.57 Å². The molecule has 0 aliphatic carbocycles. The van der Waals surface area contributed by atoms with Crippen molar-refractivity contribution in [1.82, 2.24) is 0 Å². The van der Waals surface area contributed by atoms with Gasteiger partial charge in [0.1, 0.15) is 12.6 Å². The Hall–Kier alpha value is -2.56. The maximum absolute atomic E-state index is 12.6. The quantitative estimate of drug-likeness (QED) is 0.0231. The Morgan fingerprint density at radius 3 is 1.37 bits per heavy atom. The molecule has 0 spiro atoms. The molecule has 1 unspecified atom stereocenters. The zero-order chi connectivity index (χ0) is 43.5. The lowest BCUT2D eigenvalue weighted by molar-refractivity contribution is -0.161. The highest BCUT2D eigenvalue weighted by atomic mass is 31.2. The second-order valence-electron chi connectivity index (χ2n) is 15.5. The molecule has 59 heavy (non-hydrogen) atoms. The number of carboxylic acid groups (broad SMARTS) is 1. The Labute approximate surface area is 358 Å². The number of carboxylic acids is 1. The van der Waals surface area contributed by atoms with Crippen molar-refractivity contribution >= 4 is 25.7 Å². The molecule has 12 heteroatoms. The first-order valence-corrected chi connectivity index (χ1v) is 24.7. The number of unbranched alkanes of at least 4 members (excludes halogenated alkanes) is 21. The fourth-order valence-corrected chi connectivity index (χ4v) is 6.94. The van der Waals surface area contributed by atoms with Crippen LogP contribution in [0.25, 0.3) is 0 Å². The highest BCUT2D eigenvalue weighted by molar-refractivity contribution is 7.47. The predicted octanol–water partition coefficient (Wildman–Crippen LogP) is 12.6. The first kappa shape index (κ1) is 56.4. The van der Waals surface area contributed by atoms with Crippen molar-refractivity contribution in [3.05, 3.63) is 48.6 Å². The van der Waals surface area contributed by atoms with E-state index in [1.165, 1.54) is 103 Å². The van der Waals surface area contributed by atoms with E-state index < -0.39 is 51.1 Å². The van der Waals surface area contributed by atoms with Crippen LogP contribution >= 0.6 is 7.82 Å². The summed E-state index contributed by atoms with van der Waals surface area (Å²) in [6, 6.07) is -1.53. The van der Waals surface area contributed by atoms with E-state index in [2.05, 4.69) is 67.0 Å². The van der Waals surface area contributed by atoms with E-state index in [0.29, 0.717) is 12.8 Å². The lowest BCUT2D eigenvalue weighted by Gasteiger charge is -2.20. The Bertz CT molecular complexity index is 1190. The van der Waals surface area contributed by atoms with Gasteiger partial charge in [0.15, 0.2) is 6.10 Å². The van der Waals surface area contributed by atoms with Crippen molar-refractivity contribution in [2.75, 3.05) is 19.8 Å². The lowest BCUT2D eigenvalue weighted by Crippen LogP contribution is -2.34. The van der Waals surface area contributed by atoms with E-state index in [1.54, 1.807) is 0 Å². The van der Waals surface area contributed by atoms with Gasteiger partial charge in [0.05, 0.1) is 13.2 Å². The molecule has 342 valence electrons. The SMILES string of the molecule is CCCCC/C=C/C/C=C/C/C=C/C/C=C/CCCCCC(=O)OC[C@H](COP(=O)(O)OC[C@H](N)C(=O)O)OC(=O)CCCCCCCCCCCCCCCCCC. The molecule has 11 nitrogen and oxygen atoms in total. The minimum absolute atomic E-state index is 0.156. The number of esters is 2. The molecule has 0 amide bonds. The van der Waals surface area contributed by atoms with Gasteiger partial charge < -0.3 is 25.2 Å². The van der Waals surface area contributed by atoms with Crippen LogP contribution in [0.2, 0.25) is 0 Å². The number of phosphoric acid groups is 1. The number of phosphoric ester groups is 1. The molecule has 0 saturated heterocycles. The van der Waals surface area contributed by atoms with Gasteiger partial charge in [-0.1, -0.05) is 178 Å². The Kier molecular flexibility index (Phi) is 40.3. The fourth-order valence-electron chi connectivity index (χ4n) is 6.17. The summed E-state index contributed by atoms with van der Waals surface area (Å²) in [5, 5.41) is 8.90. The number of rotatable bonds is 43. The predicted molar refractivity (Wildman–Crippen MR) is 240 cm³/mol. The van der Waals surface area contributed by atoms with Crippen molar-refractivity contribution in [2.24, 2.45) is 5.73 Å². The van der Waals surface area contributed by atoms with Crippen molar-refractivity contribution in [3.8, 4) is 0 Å². The van der Waals surface area contributed by atoms with Gasteiger partial charge in [0, 0.05) is 12.8 Å². The molecule has 4 N–H and O–H groups in total. The molecule has 0 aromatic rings. The van der Waals surface area contributed by atoms with Gasteiger partial charge in [-0.15, -0.1) is 0 Å². The highest BCUT2D eigenvalue weighted by Crippen LogP contribution is 2.43. The second kappa shape index (κ2) is 42.1. The van der Waals surface area contributed by atoms with Crippen molar-refractivity contribution in [3.63, 3.8) is 0 Å². The van der Waals surface area contributed by atoms with Crippen molar-refractivity contribution in [1.29, 1.82) is 0 Å². The van der Waals surface area contributed by atoms with Crippen LogP contribution in [0.15, 0.2) is 48.6 Å². The molecule has 0 aromatic carbocycles. The largest absolute Gasteiger partial charge is 0.480 e. The van der Waals surface area contributed by atoms with E-state index in [1.807, 2.05) is 0 Å². The Morgan fingerprint density at radius 1 is 0.525 bits per heavy atom.